The van der Waals surface area contributed by atoms with E-state index in [1.807, 2.05) is 73.0 Å². The van der Waals surface area contributed by atoms with Gasteiger partial charge in [-0.25, -0.2) is 4.79 Å². The number of aromatic nitrogens is 6. The van der Waals surface area contributed by atoms with Crippen LogP contribution in [0.25, 0.3) is 45.3 Å². The first-order valence-electron chi connectivity index (χ1n) is 20.2. The number of carboxylic acid groups (broad SMARTS) is 3. The van der Waals surface area contributed by atoms with E-state index >= 15 is 0 Å². The van der Waals surface area contributed by atoms with Gasteiger partial charge in [-0.05, 0) is 127 Å². The van der Waals surface area contributed by atoms with Crippen molar-refractivity contribution in [2.45, 2.75) is 39.5 Å². The van der Waals surface area contributed by atoms with Crippen LogP contribution < -0.4 is 10.6 Å². The number of nitrogens with one attached hydrogen (secondary N) is 1. The summed E-state index contributed by atoms with van der Waals surface area (Å²) in [7, 11) is 0. The van der Waals surface area contributed by atoms with Crippen LogP contribution in [-0.2, 0) is 27.2 Å². The van der Waals surface area contributed by atoms with Crippen molar-refractivity contribution in [3.63, 3.8) is 0 Å². The zero-order valence-electron chi connectivity index (χ0n) is 34.7. The van der Waals surface area contributed by atoms with Crippen LogP contribution in [0.1, 0.15) is 56.1 Å². The van der Waals surface area contributed by atoms with E-state index in [0.29, 0.717) is 24.2 Å². The highest BCUT2D eigenvalue weighted by Crippen LogP contribution is 2.33. The lowest BCUT2D eigenvalue weighted by molar-refractivity contribution is -0.138. The van der Waals surface area contributed by atoms with Crippen LogP contribution in [0, 0.1) is 13.8 Å². The van der Waals surface area contributed by atoms with E-state index < -0.39 is 23.8 Å². The molecular formula is C47H46N8O8. The summed E-state index contributed by atoms with van der Waals surface area (Å²) in [5.41, 5.74) is 16.9. The second-order valence-corrected chi connectivity index (χ2v) is 15.0. The van der Waals surface area contributed by atoms with Crippen LogP contribution in [0.4, 0.5) is 5.69 Å². The summed E-state index contributed by atoms with van der Waals surface area (Å²) in [4.78, 5) is 47.5. The quantitative estimate of drug-likeness (QED) is 0.0765. The van der Waals surface area contributed by atoms with Crippen molar-refractivity contribution in [2.24, 2.45) is 5.73 Å². The molecule has 16 heteroatoms. The maximum Gasteiger partial charge on any atom is 0.335 e. The van der Waals surface area contributed by atoms with Crippen LogP contribution in [-0.4, -0.2) is 95.2 Å². The van der Waals surface area contributed by atoms with Crippen molar-refractivity contribution in [3.05, 3.63) is 143 Å². The predicted octanol–water partition coefficient (Wildman–Crippen LogP) is 6.75. The molecular weight excluding hydrogens is 805 g/mol. The summed E-state index contributed by atoms with van der Waals surface area (Å²) in [6.45, 7) is 6.98. The Labute approximate surface area is 362 Å². The number of nitrogens with zero attached hydrogens (tertiary/aromatic N) is 6. The average molecular weight is 851 g/mol. The zero-order chi connectivity index (χ0) is 44.6. The molecule has 0 bridgehead atoms. The Bertz CT molecular complexity index is 2750. The molecule has 1 fully saturated rings. The van der Waals surface area contributed by atoms with Gasteiger partial charge < -0.3 is 39.8 Å². The molecule has 0 radical (unpaired) electrons. The number of H-pyrrole nitrogens is 1. The van der Waals surface area contributed by atoms with Crippen molar-refractivity contribution >= 4 is 29.5 Å². The van der Waals surface area contributed by atoms with Gasteiger partial charge in [-0.3, -0.25) is 14.4 Å². The van der Waals surface area contributed by atoms with E-state index in [4.69, 9.17) is 15.6 Å². The van der Waals surface area contributed by atoms with Crippen molar-refractivity contribution in [1.29, 1.82) is 0 Å². The number of hydrogen-bond acceptors (Lipinski definition) is 9. The molecule has 16 nitrogen and oxygen atoms in total. The van der Waals surface area contributed by atoms with E-state index in [-0.39, 0.29) is 18.4 Å². The molecule has 7 aromatic rings. The van der Waals surface area contributed by atoms with Crippen LogP contribution >= 0.6 is 0 Å². The van der Waals surface area contributed by atoms with Crippen molar-refractivity contribution in [1.82, 2.24) is 29.8 Å². The Hall–Kier alpha value is -7.85. The number of morpholine rings is 1. The third kappa shape index (κ3) is 10.0. The Morgan fingerprint density at radius 1 is 0.651 bits per heavy atom. The number of aromatic amines is 1. The number of nitrogens with two attached hydrogens (primary N) is 1. The lowest BCUT2D eigenvalue weighted by Crippen LogP contribution is -2.36. The molecule has 1 aliphatic rings. The molecule has 4 heterocycles. The fraction of sp³-hybridized carbons (Fsp3) is 0.213. The van der Waals surface area contributed by atoms with Gasteiger partial charge in [-0.1, -0.05) is 36.4 Å². The molecule has 63 heavy (non-hydrogen) atoms. The predicted molar refractivity (Wildman–Crippen MR) is 235 cm³/mol. The normalized spacial score (nSPS) is 12.4. The molecule has 322 valence electrons. The fourth-order valence-corrected chi connectivity index (χ4v) is 7.68. The van der Waals surface area contributed by atoms with Gasteiger partial charge in [-0.2, -0.15) is 5.21 Å². The minimum absolute atomic E-state index is 0.00746. The van der Waals surface area contributed by atoms with E-state index in [1.165, 1.54) is 0 Å². The summed E-state index contributed by atoms with van der Waals surface area (Å²) < 4.78 is 9.50. The van der Waals surface area contributed by atoms with E-state index in [2.05, 4.69) is 54.4 Å². The Morgan fingerprint density at radius 2 is 1.14 bits per heavy atom. The van der Waals surface area contributed by atoms with Crippen LogP contribution in [0.5, 0.6) is 0 Å². The average Bonchev–Trinajstić information content (AvgIpc) is 4.07. The van der Waals surface area contributed by atoms with Gasteiger partial charge in [0, 0.05) is 52.7 Å². The first-order valence-corrected chi connectivity index (χ1v) is 20.2. The van der Waals surface area contributed by atoms with Gasteiger partial charge in [0.25, 0.3) is 0 Å². The van der Waals surface area contributed by atoms with Gasteiger partial charge >= 0.3 is 17.9 Å². The number of aliphatic carboxylic acids is 2. The van der Waals surface area contributed by atoms with Crippen molar-refractivity contribution in [3.8, 4) is 45.3 Å². The van der Waals surface area contributed by atoms with E-state index in [9.17, 15) is 29.4 Å². The van der Waals surface area contributed by atoms with Crippen LogP contribution in [0.15, 0.2) is 109 Å². The molecule has 3 aromatic heterocycles. The van der Waals surface area contributed by atoms with E-state index in [0.717, 1.165) is 94.0 Å². The number of rotatable bonds is 14. The molecule has 1 saturated heterocycles. The fourth-order valence-electron chi connectivity index (χ4n) is 7.68. The molecule has 1 amide bonds. The number of benzene rings is 4. The van der Waals surface area contributed by atoms with Crippen LogP contribution in [0.3, 0.4) is 0 Å². The smallest absolute Gasteiger partial charge is 0.335 e. The van der Waals surface area contributed by atoms with Gasteiger partial charge in [0.15, 0.2) is 0 Å². The van der Waals surface area contributed by atoms with Gasteiger partial charge in [0.05, 0.1) is 43.0 Å². The van der Waals surface area contributed by atoms with Crippen molar-refractivity contribution in [2.75, 3.05) is 31.2 Å². The summed E-state index contributed by atoms with van der Waals surface area (Å²) in [6, 6.07) is 34.1. The summed E-state index contributed by atoms with van der Waals surface area (Å²) in [5.74, 6) is -2.70. The number of carbonyl (C=O) groups is 4. The number of primary amides is 1. The topological polar surface area (TPSA) is 232 Å². The first kappa shape index (κ1) is 43.2. The zero-order valence-corrected chi connectivity index (χ0v) is 34.7. The maximum atomic E-state index is 11.6. The second kappa shape index (κ2) is 19.2. The number of carbonyl (C=O) groups excluding carboxylic acids is 1. The highest BCUT2D eigenvalue weighted by Gasteiger charge is 2.19. The number of carboxylic acids is 3. The molecule has 0 unspecified atom stereocenters. The minimum atomic E-state index is -0.995. The summed E-state index contributed by atoms with van der Waals surface area (Å²) >= 11 is 0. The third-order valence-corrected chi connectivity index (χ3v) is 10.8. The van der Waals surface area contributed by atoms with Crippen molar-refractivity contribution < 1.29 is 39.2 Å². The first-order chi connectivity index (χ1) is 30.4. The lowest BCUT2D eigenvalue weighted by Gasteiger charge is -2.29. The van der Waals surface area contributed by atoms with E-state index in [1.54, 1.807) is 30.3 Å². The molecule has 4 aromatic carbocycles. The highest BCUT2D eigenvalue weighted by atomic mass is 16.5. The van der Waals surface area contributed by atoms with Crippen LogP contribution in [0.2, 0.25) is 0 Å². The molecule has 8 rings (SSSR count). The number of amides is 1. The number of aryl methyl sites for hydroxylation is 4. The summed E-state index contributed by atoms with van der Waals surface area (Å²) in [6.07, 6.45) is 0.777. The molecule has 1 aliphatic heterocycles. The molecule has 0 aliphatic carbocycles. The molecule has 0 atom stereocenters. The standard InChI is InChI=1S/C25H27N3O4.C22H19N5O4/c1-17-16-19(25(26)31)4-9-22(17)28-21(8-11-24(29)30)7-10-23(28)18-2-5-20(6-3-18)27-12-14-32-15-13-27;1-13-12-16(22(30)31)6-9-18(13)27-17(8-11-20(28)29)7-10-19(27)14-2-4-15(5-3-14)21-23-25-26-24-21/h2-7,9-10,16H,8,11-15H2,1H3,(H2,26,31)(H,29,30);2-7,9-10,12H,8,11H2,1H3,(H,28,29)(H,30,31)(H,23,24,25,26). The highest BCUT2D eigenvalue weighted by molar-refractivity contribution is 5.93. The van der Waals surface area contributed by atoms with Gasteiger partial charge in [0.2, 0.25) is 11.7 Å². The number of aromatic carboxylic acids is 1. The Kier molecular flexibility index (Phi) is 13.2. The largest absolute Gasteiger partial charge is 0.481 e. The third-order valence-electron chi connectivity index (χ3n) is 10.8. The van der Waals surface area contributed by atoms with Gasteiger partial charge in [0.1, 0.15) is 0 Å². The molecule has 0 spiro atoms. The SMILES string of the molecule is Cc1cc(C(=O)O)ccc1-n1c(CCC(=O)O)ccc1-c1ccc(-c2nn[nH]n2)cc1.Cc1cc(C(N)=O)ccc1-n1c(CCC(=O)O)ccc1-c1ccc(N2CCOCC2)cc1. The monoisotopic (exact) mass is 850 g/mol. The lowest BCUT2D eigenvalue weighted by atomic mass is 10.1. The number of ether oxygens (including phenoxy) is 1. The molecule has 0 saturated carbocycles. The minimum Gasteiger partial charge on any atom is -0.481 e. The molecule has 6 N–H and O–H groups in total. The number of anilines is 1. The Morgan fingerprint density at radius 3 is 1.60 bits per heavy atom. The second-order valence-electron chi connectivity index (χ2n) is 15.0. The maximum absolute atomic E-state index is 11.6. The number of tetrazole rings is 1. The van der Waals surface area contributed by atoms with Gasteiger partial charge in [-0.15, -0.1) is 10.2 Å². The number of hydrogen-bond donors (Lipinski definition) is 5. The Balaban J connectivity index is 0.000000189. The summed E-state index contributed by atoms with van der Waals surface area (Å²) in [5, 5.41) is 41.6.